The first-order valence-electron chi connectivity index (χ1n) is 6.93. The maximum absolute atomic E-state index is 9.32. The van der Waals surface area contributed by atoms with Gasteiger partial charge in [0.1, 0.15) is 0 Å². The normalized spacial score (nSPS) is 16.2. The fourth-order valence-electron chi connectivity index (χ4n) is 2.94. The standard InChI is InChI=1S/C15H24N2O/c1-12-6-7-13(11-16)15(10-12)17(8-9-18)14-4-2-3-5-14/h6-7,10,14,18H,2-5,8-9,11,16H2,1H3. The number of rotatable bonds is 5. The molecule has 1 aromatic rings. The molecule has 1 aliphatic carbocycles. The van der Waals surface area contributed by atoms with Gasteiger partial charge >= 0.3 is 0 Å². The minimum absolute atomic E-state index is 0.203. The third-order valence-electron chi connectivity index (χ3n) is 3.88. The van der Waals surface area contributed by atoms with Crippen LogP contribution in [0.1, 0.15) is 36.8 Å². The van der Waals surface area contributed by atoms with E-state index in [1.54, 1.807) is 0 Å². The molecule has 2 rings (SSSR count). The zero-order valence-corrected chi connectivity index (χ0v) is 11.2. The molecule has 3 heteroatoms. The van der Waals surface area contributed by atoms with Gasteiger partial charge in [-0.1, -0.05) is 25.0 Å². The quantitative estimate of drug-likeness (QED) is 0.840. The number of nitrogens with two attached hydrogens (primary N) is 1. The maximum Gasteiger partial charge on any atom is 0.0606 e. The first kappa shape index (κ1) is 13.4. The Morgan fingerprint density at radius 3 is 2.67 bits per heavy atom. The molecule has 0 amide bonds. The van der Waals surface area contributed by atoms with Crippen LogP contribution in [-0.2, 0) is 6.54 Å². The van der Waals surface area contributed by atoms with Crippen molar-refractivity contribution in [3.05, 3.63) is 29.3 Å². The van der Waals surface area contributed by atoms with E-state index in [1.807, 2.05) is 0 Å². The van der Waals surface area contributed by atoms with E-state index in [1.165, 1.54) is 42.5 Å². The van der Waals surface area contributed by atoms with Crippen molar-refractivity contribution in [1.29, 1.82) is 0 Å². The Bertz CT molecular complexity index is 386. The highest BCUT2D eigenvalue weighted by Gasteiger charge is 2.23. The number of benzene rings is 1. The molecule has 0 saturated heterocycles. The van der Waals surface area contributed by atoms with Crippen LogP contribution in [0.15, 0.2) is 18.2 Å². The summed E-state index contributed by atoms with van der Waals surface area (Å²) in [6.07, 6.45) is 5.07. The minimum atomic E-state index is 0.203. The van der Waals surface area contributed by atoms with E-state index in [4.69, 9.17) is 5.73 Å². The molecule has 1 aromatic carbocycles. The molecule has 1 fully saturated rings. The van der Waals surface area contributed by atoms with Crippen molar-refractivity contribution >= 4 is 5.69 Å². The highest BCUT2D eigenvalue weighted by atomic mass is 16.3. The molecule has 1 saturated carbocycles. The summed E-state index contributed by atoms with van der Waals surface area (Å²) < 4.78 is 0. The van der Waals surface area contributed by atoms with Gasteiger partial charge in [0.05, 0.1) is 6.61 Å². The molecular formula is C15H24N2O. The van der Waals surface area contributed by atoms with Crippen molar-refractivity contribution in [3.8, 4) is 0 Å². The van der Waals surface area contributed by atoms with E-state index in [2.05, 4.69) is 30.0 Å². The van der Waals surface area contributed by atoms with Crippen LogP contribution in [0.4, 0.5) is 5.69 Å². The lowest BCUT2D eigenvalue weighted by molar-refractivity contribution is 0.297. The molecule has 3 nitrogen and oxygen atoms in total. The van der Waals surface area contributed by atoms with Crippen LogP contribution in [0.3, 0.4) is 0 Å². The summed E-state index contributed by atoms with van der Waals surface area (Å²) in [5.74, 6) is 0. The van der Waals surface area contributed by atoms with Gasteiger partial charge in [-0.05, 0) is 37.0 Å². The Hall–Kier alpha value is -1.06. The Kier molecular flexibility index (Phi) is 4.61. The van der Waals surface area contributed by atoms with Gasteiger partial charge in [-0.2, -0.15) is 0 Å². The summed E-state index contributed by atoms with van der Waals surface area (Å²) in [7, 11) is 0. The van der Waals surface area contributed by atoms with Crippen LogP contribution < -0.4 is 10.6 Å². The minimum Gasteiger partial charge on any atom is -0.395 e. The molecule has 0 spiro atoms. The topological polar surface area (TPSA) is 49.5 Å². The van der Waals surface area contributed by atoms with Crippen LogP contribution in [0.5, 0.6) is 0 Å². The summed E-state index contributed by atoms with van der Waals surface area (Å²) >= 11 is 0. The summed E-state index contributed by atoms with van der Waals surface area (Å²) in [5.41, 5.74) is 9.50. The van der Waals surface area contributed by atoms with E-state index in [-0.39, 0.29) is 6.61 Å². The highest BCUT2D eigenvalue weighted by Crippen LogP contribution is 2.30. The SMILES string of the molecule is Cc1ccc(CN)c(N(CCO)C2CCCC2)c1. The largest absolute Gasteiger partial charge is 0.395 e. The molecule has 0 atom stereocenters. The van der Waals surface area contributed by atoms with Crippen molar-refractivity contribution in [1.82, 2.24) is 0 Å². The van der Waals surface area contributed by atoms with E-state index in [0.29, 0.717) is 19.1 Å². The molecule has 0 radical (unpaired) electrons. The lowest BCUT2D eigenvalue weighted by atomic mass is 10.1. The first-order valence-corrected chi connectivity index (χ1v) is 6.93. The van der Waals surface area contributed by atoms with E-state index in [0.717, 1.165) is 0 Å². The Morgan fingerprint density at radius 1 is 1.33 bits per heavy atom. The van der Waals surface area contributed by atoms with Gasteiger partial charge in [-0.25, -0.2) is 0 Å². The first-order chi connectivity index (χ1) is 8.76. The second-order valence-corrected chi connectivity index (χ2v) is 5.19. The molecule has 3 N–H and O–H groups in total. The number of aryl methyl sites for hydroxylation is 1. The van der Waals surface area contributed by atoms with Crippen LogP contribution in [0.2, 0.25) is 0 Å². The third kappa shape index (κ3) is 2.85. The number of aliphatic hydroxyl groups is 1. The monoisotopic (exact) mass is 248 g/mol. The van der Waals surface area contributed by atoms with Gasteiger partial charge < -0.3 is 15.7 Å². The lowest BCUT2D eigenvalue weighted by Gasteiger charge is -2.32. The van der Waals surface area contributed by atoms with Crippen molar-refractivity contribution in [2.75, 3.05) is 18.1 Å². The van der Waals surface area contributed by atoms with Crippen molar-refractivity contribution in [3.63, 3.8) is 0 Å². The zero-order chi connectivity index (χ0) is 13.0. The van der Waals surface area contributed by atoms with Crippen LogP contribution in [-0.4, -0.2) is 24.3 Å². The summed E-state index contributed by atoms with van der Waals surface area (Å²) in [6.45, 7) is 3.58. The van der Waals surface area contributed by atoms with E-state index in [9.17, 15) is 5.11 Å². The third-order valence-corrected chi connectivity index (χ3v) is 3.88. The van der Waals surface area contributed by atoms with Crippen LogP contribution in [0, 0.1) is 6.92 Å². The van der Waals surface area contributed by atoms with Gasteiger partial charge in [0.25, 0.3) is 0 Å². The molecular weight excluding hydrogens is 224 g/mol. The van der Waals surface area contributed by atoms with Crippen molar-refractivity contribution in [2.24, 2.45) is 5.73 Å². The smallest absolute Gasteiger partial charge is 0.0606 e. The van der Waals surface area contributed by atoms with E-state index < -0.39 is 0 Å². The Labute approximate surface area is 110 Å². The molecule has 0 unspecified atom stereocenters. The Balaban J connectivity index is 2.31. The molecule has 1 aliphatic rings. The fraction of sp³-hybridized carbons (Fsp3) is 0.600. The number of nitrogens with zero attached hydrogens (tertiary/aromatic N) is 1. The molecule has 0 bridgehead atoms. The fourth-order valence-corrected chi connectivity index (χ4v) is 2.94. The van der Waals surface area contributed by atoms with E-state index >= 15 is 0 Å². The number of hydrogen-bond acceptors (Lipinski definition) is 3. The molecule has 18 heavy (non-hydrogen) atoms. The van der Waals surface area contributed by atoms with Gasteiger partial charge in [0, 0.05) is 24.8 Å². The second kappa shape index (κ2) is 6.21. The predicted molar refractivity (Wildman–Crippen MR) is 75.8 cm³/mol. The lowest BCUT2D eigenvalue weighted by Crippen LogP contribution is -2.36. The van der Waals surface area contributed by atoms with Crippen molar-refractivity contribution in [2.45, 2.75) is 45.2 Å². The average molecular weight is 248 g/mol. The number of anilines is 1. The molecule has 0 aliphatic heterocycles. The zero-order valence-electron chi connectivity index (χ0n) is 11.2. The summed E-state index contributed by atoms with van der Waals surface area (Å²) in [4.78, 5) is 2.36. The predicted octanol–water partition coefficient (Wildman–Crippen LogP) is 2.20. The molecule has 0 heterocycles. The van der Waals surface area contributed by atoms with Crippen LogP contribution in [0.25, 0.3) is 0 Å². The van der Waals surface area contributed by atoms with Gasteiger partial charge in [0.15, 0.2) is 0 Å². The number of hydrogen-bond donors (Lipinski definition) is 2. The average Bonchev–Trinajstić information content (AvgIpc) is 2.89. The van der Waals surface area contributed by atoms with Crippen LogP contribution >= 0.6 is 0 Å². The highest BCUT2D eigenvalue weighted by molar-refractivity contribution is 5.56. The maximum atomic E-state index is 9.32. The molecule has 0 aromatic heterocycles. The molecule has 100 valence electrons. The second-order valence-electron chi connectivity index (χ2n) is 5.19. The van der Waals surface area contributed by atoms with Gasteiger partial charge in [-0.3, -0.25) is 0 Å². The number of aliphatic hydroxyl groups excluding tert-OH is 1. The summed E-state index contributed by atoms with van der Waals surface area (Å²) in [6, 6.07) is 7.00. The van der Waals surface area contributed by atoms with Gasteiger partial charge in [0.2, 0.25) is 0 Å². The van der Waals surface area contributed by atoms with Gasteiger partial charge in [-0.15, -0.1) is 0 Å². The Morgan fingerprint density at radius 2 is 2.06 bits per heavy atom. The van der Waals surface area contributed by atoms with Crippen molar-refractivity contribution < 1.29 is 5.11 Å². The summed E-state index contributed by atoms with van der Waals surface area (Å²) in [5, 5.41) is 9.32.